The first-order valence-corrected chi connectivity index (χ1v) is 5.12. The van der Waals surface area contributed by atoms with Gasteiger partial charge in [0, 0.05) is 9.52 Å². The van der Waals surface area contributed by atoms with Gasteiger partial charge in [-0.05, 0) is 10.1 Å². The monoisotopic (exact) mass is 216 g/mol. The van der Waals surface area contributed by atoms with Crippen molar-refractivity contribution in [1.29, 1.82) is 0 Å². The van der Waals surface area contributed by atoms with E-state index in [1.54, 1.807) is 0 Å². The Balaban J connectivity index is -0.000000320. The summed E-state index contributed by atoms with van der Waals surface area (Å²) >= 11 is 0. The van der Waals surface area contributed by atoms with Crippen LogP contribution in [0.3, 0.4) is 0 Å². The maximum Gasteiger partial charge on any atom is 0.0320 e. The summed E-state index contributed by atoms with van der Waals surface area (Å²) in [6.07, 6.45) is 0. The van der Waals surface area contributed by atoms with E-state index in [1.807, 2.05) is 0 Å². The largest absolute Gasteiger partial charge is 0.147 e. The van der Waals surface area contributed by atoms with Crippen molar-refractivity contribution >= 4 is 34.3 Å². The van der Waals surface area contributed by atoms with E-state index in [4.69, 9.17) is 0 Å². The third-order valence-corrected chi connectivity index (χ3v) is 3.18. The fraction of sp³-hybridized carbons (Fsp3) is 1.00. The van der Waals surface area contributed by atoms with Crippen molar-refractivity contribution in [2.75, 3.05) is 0 Å². The van der Waals surface area contributed by atoms with Crippen LogP contribution in [-0.4, -0.2) is 9.52 Å². The lowest BCUT2D eigenvalue weighted by atomic mass is 10.2. The van der Waals surface area contributed by atoms with Gasteiger partial charge in [-0.1, -0.05) is 41.5 Å². The van der Waals surface area contributed by atoms with Crippen LogP contribution in [0.15, 0.2) is 0 Å². The molecule has 0 atom stereocenters. The van der Waals surface area contributed by atoms with Crippen LogP contribution in [0.25, 0.3) is 0 Å². The lowest BCUT2D eigenvalue weighted by molar-refractivity contribution is 0.668. The molecule has 0 saturated heterocycles. The minimum Gasteiger partial charge on any atom is -0.147 e. The van der Waals surface area contributed by atoms with Crippen molar-refractivity contribution in [2.45, 2.75) is 51.6 Å². The fourth-order valence-corrected chi connectivity index (χ4v) is 4.77. The van der Waals surface area contributed by atoms with Gasteiger partial charge in [-0.2, -0.15) is 0 Å². The predicted octanol–water partition coefficient (Wildman–Crippen LogP) is 3.44. The standard InChI is InChI=1S/C8H20Si.2ClH/c1-7(2,3)9-8(4,5)6;;/h9H2,1-6H3;2*1H. The third-order valence-electron chi connectivity index (χ3n) is 1.06. The molecule has 0 bridgehead atoms. The number of hydrogen-bond acceptors (Lipinski definition) is 0. The summed E-state index contributed by atoms with van der Waals surface area (Å²) in [5, 5.41) is 1.25. The lowest BCUT2D eigenvalue weighted by Crippen LogP contribution is -2.18. The minimum absolute atomic E-state index is 0. The average molecular weight is 217 g/mol. The first-order valence-electron chi connectivity index (χ1n) is 3.71. The summed E-state index contributed by atoms with van der Waals surface area (Å²) in [6.45, 7) is 14.1. The Morgan fingerprint density at radius 2 is 0.818 bits per heavy atom. The molecular formula is C8H22Cl2Si. The van der Waals surface area contributed by atoms with E-state index in [2.05, 4.69) is 41.5 Å². The van der Waals surface area contributed by atoms with Gasteiger partial charge in [0.2, 0.25) is 0 Å². The fourth-order valence-electron chi connectivity index (χ4n) is 1.59. The Morgan fingerprint density at radius 1 is 0.636 bits per heavy atom. The van der Waals surface area contributed by atoms with Crippen molar-refractivity contribution in [3.8, 4) is 0 Å². The SMILES string of the molecule is CC(C)(C)[SiH2]C(C)(C)C.Cl.Cl. The van der Waals surface area contributed by atoms with Crippen LogP contribution in [0.5, 0.6) is 0 Å². The summed E-state index contributed by atoms with van der Waals surface area (Å²) < 4.78 is 0. The Bertz CT molecular complexity index is 77.2. The zero-order valence-electron chi connectivity index (χ0n) is 8.52. The minimum atomic E-state index is 0. The normalized spacial score (nSPS) is 11.5. The Labute approximate surface area is 86.2 Å². The maximum absolute atomic E-state index is 2.35. The second kappa shape index (κ2) is 5.44. The van der Waals surface area contributed by atoms with E-state index in [-0.39, 0.29) is 34.3 Å². The first kappa shape index (κ1) is 17.8. The zero-order chi connectivity index (χ0) is 7.71. The van der Waals surface area contributed by atoms with Gasteiger partial charge in [0.15, 0.2) is 0 Å². The molecule has 0 aromatic heterocycles. The van der Waals surface area contributed by atoms with Crippen molar-refractivity contribution < 1.29 is 0 Å². The van der Waals surface area contributed by atoms with E-state index in [9.17, 15) is 0 Å². The number of halogens is 2. The Morgan fingerprint density at radius 3 is 0.818 bits per heavy atom. The highest BCUT2D eigenvalue weighted by molar-refractivity contribution is 6.43. The molecule has 0 heterocycles. The van der Waals surface area contributed by atoms with Gasteiger partial charge in [-0.25, -0.2) is 0 Å². The molecule has 0 rings (SSSR count). The summed E-state index contributed by atoms with van der Waals surface area (Å²) in [5.41, 5.74) is 0. The molecule has 0 N–H and O–H groups in total. The molecule has 0 saturated carbocycles. The second-order valence-electron chi connectivity index (χ2n) is 5.30. The smallest absolute Gasteiger partial charge is 0.0320 e. The molecule has 11 heavy (non-hydrogen) atoms. The Hall–Kier alpha value is 0.797. The van der Waals surface area contributed by atoms with Crippen molar-refractivity contribution in [1.82, 2.24) is 0 Å². The highest BCUT2D eigenvalue weighted by atomic mass is 35.5. The van der Waals surface area contributed by atoms with E-state index in [1.165, 1.54) is 0 Å². The highest BCUT2D eigenvalue weighted by Crippen LogP contribution is 2.33. The van der Waals surface area contributed by atoms with Crippen LogP contribution in [0.2, 0.25) is 10.1 Å². The molecule has 0 aromatic rings. The first-order chi connectivity index (χ1) is 3.71. The molecule has 72 valence electrons. The Kier molecular flexibility index (Phi) is 8.79. The van der Waals surface area contributed by atoms with Crippen LogP contribution in [-0.2, 0) is 0 Å². The maximum atomic E-state index is 2.35. The van der Waals surface area contributed by atoms with E-state index in [0.29, 0.717) is 10.1 Å². The molecule has 0 amide bonds. The van der Waals surface area contributed by atoms with Crippen molar-refractivity contribution in [3.63, 3.8) is 0 Å². The van der Waals surface area contributed by atoms with Crippen LogP contribution >= 0.6 is 24.8 Å². The quantitative estimate of drug-likeness (QED) is 0.545. The van der Waals surface area contributed by atoms with Gasteiger partial charge in [0.25, 0.3) is 0 Å². The molecule has 0 fully saturated rings. The molecule has 0 unspecified atom stereocenters. The average Bonchev–Trinajstić information content (AvgIpc) is 1.14. The molecule has 0 nitrogen and oxygen atoms in total. The van der Waals surface area contributed by atoms with Crippen molar-refractivity contribution in [2.24, 2.45) is 0 Å². The molecular weight excluding hydrogens is 195 g/mol. The van der Waals surface area contributed by atoms with Crippen LogP contribution in [0.4, 0.5) is 0 Å². The third kappa shape index (κ3) is 18.1. The van der Waals surface area contributed by atoms with Crippen LogP contribution in [0.1, 0.15) is 41.5 Å². The predicted molar refractivity (Wildman–Crippen MR) is 62.5 cm³/mol. The summed E-state index contributed by atoms with van der Waals surface area (Å²) in [7, 11) is 0.0880. The van der Waals surface area contributed by atoms with Gasteiger partial charge >= 0.3 is 0 Å². The number of rotatable bonds is 0. The van der Waals surface area contributed by atoms with Gasteiger partial charge < -0.3 is 0 Å². The van der Waals surface area contributed by atoms with Crippen LogP contribution in [0, 0.1) is 0 Å². The van der Waals surface area contributed by atoms with Gasteiger partial charge in [0.05, 0.1) is 0 Å². The molecule has 0 aliphatic heterocycles. The van der Waals surface area contributed by atoms with E-state index >= 15 is 0 Å². The molecule has 0 aliphatic rings. The van der Waals surface area contributed by atoms with Gasteiger partial charge in [0.1, 0.15) is 0 Å². The molecule has 0 aliphatic carbocycles. The topological polar surface area (TPSA) is 0 Å². The molecule has 0 radical (unpaired) electrons. The molecule has 3 heteroatoms. The second-order valence-corrected chi connectivity index (χ2v) is 9.89. The van der Waals surface area contributed by atoms with E-state index in [0.717, 1.165) is 0 Å². The van der Waals surface area contributed by atoms with Crippen LogP contribution < -0.4 is 0 Å². The van der Waals surface area contributed by atoms with Gasteiger partial charge in [-0.3, -0.25) is 0 Å². The lowest BCUT2D eigenvalue weighted by Gasteiger charge is -2.27. The summed E-state index contributed by atoms with van der Waals surface area (Å²) in [4.78, 5) is 0. The van der Waals surface area contributed by atoms with E-state index < -0.39 is 0 Å². The number of hydrogen-bond donors (Lipinski definition) is 0. The van der Waals surface area contributed by atoms with Crippen molar-refractivity contribution in [3.05, 3.63) is 0 Å². The zero-order valence-corrected chi connectivity index (χ0v) is 11.6. The molecule has 0 spiro atoms. The summed E-state index contributed by atoms with van der Waals surface area (Å²) in [5.74, 6) is 0. The summed E-state index contributed by atoms with van der Waals surface area (Å²) in [6, 6.07) is 0. The van der Waals surface area contributed by atoms with Gasteiger partial charge in [-0.15, -0.1) is 24.8 Å². The molecule has 0 aromatic carbocycles. The highest BCUT2D eigenvalue weighted by Gasteiger charge is 2.20.